The fraction of sp³-hybridized carbons (Fsp3) is 0.600. The van der Waals surface area contributed by atoms with Gasteiger partial charge in [0.15, 0.2) is 0 Å². The summed E-state index contributed by atoms with van der Waals surface area (Å²) in [6.45, 7) is 1.86. The van der Waals surface area contributed by atoms with E-state index in [-0.39, 0.29) is 5.91 Å². The molecule has 0 bridgehead atoms. The number of aromatic nitrogens is 2. The Morgan fingerprint density at radius 1 is 1.57 bits per heavy atom. The first-order valence-corrected chi connectivity index (χ1v) is 5.08. The Morgan fingerprint density at radius 3 is 2.86 bits per heavy atom. The summed E-state index contributed by atoms with van der Waals surface area (Å²) in [6, 6.07) is 0.360. The molecule has 1 aliphatic carbocycles. The first kappa shape index (κ1) is 9.24. The van der Waals surface area contributed by atoms with Gasteiger partial charge in [-0.2, -0.15) is 0 Å². The van der Waals surface area contributed by atoms with Crippen molar-refractivity contribution >= 4 is 5.91 Å². The average Bonchev–Trinajstić information content (AvgIpc) is 2.75. The second kappa shape index (κ2) is 3.82. The SMILES string of the molecule is Cc1[nH]cnc1C(=O)NC1CCCC1. The predicted molar refractivity (Wildman–Crippen MR) is 53.0 cm³/mol. The third kappa shape index (κ3) is 1.78. The average molecular weight is 193 g/mol. The van der Waals surface area contributed by atoms with Gasteiger partial charge in [0.2, 0.25) is 0 Å². The highest BCUT2D eigenvalue weighted by Gasteiger charge is 2.19. The van der Waals surface area contributed by atoms with Gasteiger partial charge < -0.3 is 10.3 Å². The van der Waals surface area contributed by atoms with E-state index < -0.39 is 0 Å². The molecule has 14 heavy (non-hydrogen) atoms. The van der Waals surface area contributed by atoms with Crippen LogP contribution in [0, 0.1) is 6.92 Å². The highest BCUT2D eigenvalue weighted by molar-refractivity contribution is 5.93. The molecule has 0 radical (unpaired) electrons. The largest absolute Gasteiger partial charge is 0.348 e. The number of carbonyl (C=O) groups excluding carboxylic acids is 1. The normalized spacial score (nSPS) is 17.2. The molecule has 2 N–H and O–H groups in total. The lowest BCUT2D eigenvalue weighted by Crippen LogP contribution is -2.33. The lowest BCUT2D eigenvalue weighted by Gasteiger charge is -2.10. The van der Waals surface area contributed by atoms with Crippen LogP contribution in [-0.4, -0.2) is 21.9 Å². The van der Waals surface area contributed by atoms with Crippen LogP contribution >= 0.6 is 0 Å². The van der Waals surface area contributed by atoms with Crippen LogP contribution in [0.15, 0.2) is 6.33 Å². The van der Waals surface area contributed by atoms with Crippen LogP contribution in [0.4, 0.5) is 0 Å². The van der Waals surface area contributed by atoms with Crippen LogP contribution in [-0.2, 0) is 0 Å². The van der Waals surface area contributed by atoms with Gasteiger partial charge in [-0.15, -0.1) is 0 Å². The zero-order valence-corrected chi connectivity index (χ0v) is 8.34. The van der Waals surface area contributed by atoms with E-state index in [4.69, 9.17) is 0 Å². The van der Waals surface area contributed by atoms with E-state index in [0.717, 1.165) is 18.5 Å². The number of carbonyl (C=O) groups is 1. The van der Waals surface area contributed by atoms with Crippen molar-refractivity contribution in [3.8, 4) is 0 Å². The molecule has 4 nitrogen and oxygen atoms in total. The quantitative estimate of drug-likeness (QED) is 0.745. The first-order chi connectivity index (χ1) is 6.77. The van der Waals surface area contributed by atoms with Crippen LogP contribution < -0.4 is 5.32 Å². The van der Waals surface area contributed by atoms with E-state index in [0.29, 0.717) is 11.7 Å². The fourth-order valence-electron chi connectivity index (χ4n) is 1.91. The summed E-state index contributed by atoms with van der Waals surface area (Å²) in [5.41, 5.74) is 1.36. The topological polar surface area (TPSA) is 57.8 Å². The number of aromatic amines is 1. The molecular formula is C10H15N3O. The van der Waals surface area contributed by atoms with Crippen molar-refractivity contribution in [3.63, 3.8) is 0 Å². The molecule has 0 aliphatic heterocycles. The molecule has 1 heterocycles. The first-order valence-electron chi connectivity index (χ1n) is 5.08. The van der Waals surface area contributed by atoms with E-state index in [9.17, 15) is 4.79 Å². The minimum absolute atomic E-state index is 0.0457. The van der Waals surface area contributed by atoms with Crippen LogP contribution in [0.25, 0.3) is 0 Å². The summed E-state index contributed by atoms with van der Waals surface area (Å²) in [5, 5.41) is 3.00. The monoisotopic (exact) mass is 193 g/mol. The number of hydrogen-bond acceptors (Lipinski definition) is 2. The maximum absolute atomic E-state index is 11.7. The molecular weight excluding hydrogens is 178 g/mol. The van der Waals surface area contributed by atoms with Crippen molar-refractivity contribution in [2.75, 3.05) is 0 Å². The Balaban J connectivity index is 1.98. The van der Waals surface area contributed by atoms with Gasteiger partial charge in [0.1, 0.15) is 5.69 Å². The van der Waals surface area contributed by atoms with E-state index in [1.54, 1.807) is 6.33 Å². The van der Waals surface area contributed by atoms with Crippen LogP contribution in [0.3, 0.4) is 0 Å². The molecule has 4 heteroatoms. The molecule has 0 aromatic carbocycles. The minimum atomic E-state index is -0.0457. The number of amides is 1. The summed E-state index contributed by atoms with van der Waals surface area (Å²) < 4.78 is 0. The molecule has 0 saturated heterocycles. The number of nitrogens with one attached hydrogen (secondary N) is 2. The Hall–Kier alpha value is -1.32. The molecule has 1 aliphatic rings. The Labute approximate surface area is 83.1 Å². The lowest BCUT2D eigenvalue weighted by molar-refractivity contribution is 0.0932. The summed E-state index contributed by atoms with van der Waals surface area (Å²) in [4.78, 5) is 18.6. The number of imidazole rings is 1. The van der Waals surface area contributed by atoms with Crippen molar-refractivity contribution in [2.24, 2.45) is 0 Å². The molecule has 1 fully saturated rings. The molecule has 2 rings (SSSR count). The highest BCUT2D eigenvalue weighted by Crippen LogP contribution is 2.18. The number of rotatable bonds is 2. The van der Waals surface area contributed by atoms with Crippen LogP contribution in [0.2, 0.25) is 0 Å². The smallest absolute Gasteiger partial charge is 0.271 e. The third-order valence-electron chi connectivity index (χ3n) is 2.74. The second-order valence-electron chi connectivity index (χ2n) is 3.83. The van der Waals surface area contributed by atoms with Crippen molar-refractivity contribution in [3.05, 3.63) is 17.7 Å². The summed E-state index contributed by atoms with van der Waals surface area (Å²) >= 11 is 0. The van der Waals surface area contributed by atoms with Gasteiger partial charge >= 0.3 is 0 Å². The summed E-state index contributed by atoms with van der Waals surface area (Å²) in [7, 11) is 0. The van der Waals surface area contributed by atoms with E-state index >= 15 is 0 Å². The van der Waals surface area contributed by atoms with Gasteiger partial charge in [0.05, 0.1) is 6.33 Å². The second-order valence-corrected chi connectivity index (χ2v) is 3.83. The Kier molecular flexibility index (Phi) is 2.52. The molecule has 1 aromatic rings. The molecule has 0 atom stereocenters. The number of H-pyrrole nitrogens is 1. The number of hydrogen-bond donors (Lipinski definition) is 2. The zero-order valence-electron chi connectivity index (χ0n) is 8.34. The van der Waals surface area contributed by atoms with Crippen LogP contribution in [0.5, 0.6) is 0 Å². The van der Waals surface area contributed by atoms with Gasteiger partial charge in [-0.1, -0.05) is 12.8 Å². The predicted octanol–water partition coefficient (Wildman–Crippen LogP) is 1.39. The van der Waals surface area contributed by atoms with Gasteiger partial charge in [-0.25, -0.2) is 4.98 Å². The molecule has 1 saturated carbocycles. The number of nitrogens with zero attached hydrogens (tertiary/aromatic N) is 1. The van der Waals surface area contributed by atoms with Gasteiger partial charge in [0.25, 0.3) is 5.91 Å². The summed E-state index contributed by atoms with van der Waals surface area (Å²) in [6.07, 6.45) is 6.22. The Morgan fingerprint density at radius 2 is 2.29 bits per heavy atom. The van der Waals surface area contributed by atoms with Crippen molar-refractivity contribution < 1.29 is 4.79 Å². The van der Waals surface area contributed by atoms with Gasteiger partial charge in [0, 0.05) is 11.7 Å². The maximum Gasteiger partial charge on any atom is 0.271 e. The standard InChI is InChI=1S/C10H15N3O/c1-7-9(12-6-11-7)10(14)13-8-4-2-3-5-8/h6,8H,2-5H2,1H3,(H,11,12)(H,13,14). The lowest BCUT2D eigenvalue weighted by atomic mass is 10.2. The van der Waals surface area contributed by atoms with E-state index in [1.165, 1.54) is 12.8 Å². The third-order valence-corrected chi connectivity index (χ3v) is 2.74. The van der Waals surface area contributed by atoms with Gasteiger partial charge in [-0.3, -0.25) is 4.79 Å². The summed E-state index contributed by atoms with van der Waals surface area (Å²) in [5.74, 6) is -0.0457. The van der Waals surface area contributed by atoms with Crippen molar-refractivity contribution in [2.45, 2.75) is 38.6 Å². The molecule has 0 spiro atoms. The highest BCUT2D eigenvalue weighted by atomic mass is 16.2. The Bertz CT molecular complexity index is 326. The minimum Gasteiger partial charge on any atom is -0.348 e. The van der Waals surface area contributed by atoms with E-state index in [2.05, 4.69) is 15.3 Å². The molecule has 76 valence electrons. The zero-order chi connectivity index (χ0) is 9.97. The fourth-order valence-corrected chi connectivity index (χ4v) is 1.91. The van der Waals surface area contributed by atoms with Crippen LogP contribution in [0.1, 0.15) is 41.9 Å². The molecule has 1 aromatic heterocycles. The molecule has 1 amide bonds. The number of aryl methyl sites for hydroxylation is 1. The maximum atomic E-state index is 11.7. The van der Waals surface area contributed by atoms with Crippen molar-refractivity contribution in [1.29, 1.82) is 0 Å². The van der Waals surface area contributed by atoms with Crippen molar-refractivity contribution in [1.82, 2.24) is 15.3 Å². The molecule has 0 unspecified atom stereocenters. The van der Waals surface area contributed by atoms with Gasteiger partial charge in [-0.05, 0) is 19.8 Å². The van der Waals surface area contributed by atoms with E-state index in [1.807, 2.05) is 6.92 Å².